The molecular formula is C18H39IO4Si2. The van der Waals surface area contributed by atoms with Crippen molar-refractivity contribution in [1.82, 2.24) is 0 Å². The van der Waals surface area contributed by atoms with E-state index in [0.717, 1.165) is 0 Å². The van der Waals surface area contributed by atoms with Gasteiger partial charge >= 0.3 is 0 Å². The molecule has 0 aromatic heterocycles. The largest absolute Gasteiger partial charge is 0.410 e. The first kappa shape index (κ1) is 24.0. The van der Waals surface area contributed by atoms with Crippen molar-refractivity contribution >= 4 is 39.2 Å². The maximum Gasteiger partial charge on any atom is 0.192 e. The second-order valence-electron chi connectivity index (χ2n) is 10.4. The molecular weight excluding hydrogens is 463 g/mol. The van der Waals surface area contributed by atoms with Crippen molar-refractivity contribution in [3.8, 4) is 0 Å². The van der Waals surface area contributed by atoms with Crippen molar-refractivity contribution in [3.63, 3.8) is 0 Å². The van der Waals surface area contributed by atoms with Crippen molar-refractivity contribution in [2.75, 3.05) is 0 Å². The van der Waals surface area contributed by atoms with Gasteiger partial charge in [-0.1, -0.05) is 64.1 Å². The van der Waals surface area contributed by atoms with Gasteiger partial charge in [0.05, 0.1) is 22.2 Å². The average molecular weight is 503 g/mol. The number of aliphatic hydroxyl groups is 1. The lowest BCUT2D eigenvalue weighted by molar-refractivity contribution is -0.212. The maximum absolute atomic E-state index is 10.4. The second-order valence-corrected chi connectivity index (χ2v) is 21.3. The fourth-order valence-electron chi connectivity index (χ4n) is 2.31. The van der Waals surface area contributed by atoms with E-state index in [2.05, 4.69) is 90.3 Å². The molecule has 0 aromatic carbocycles. The van der Waals surface area contributed by atoms with Crippen LogP contribution >= 0.6 is 22.6 Å². The molecule has 0 aromatic rings. The molecule has 150 valence electrons. The van der Waals surface area contributed by atoms with E-state index in [1.165, 1.54) is 0 Å². The molecule has 4 nitrogen and oxygen atoms in total. The number of hydrogen-bond donors (Lipinski definition) is 1. The topological polar surface area (TPSA) is 47.9 Å². The lowest BCUT2D eigenvalue weighted by Crippen LogP contribution is -2.63. The summed E-state index contributed by atoms with van der Waals surface area (Å²) in [5.41, 5.74) is 0. The molecule has 5 atom stereocenters. The summed E-state index contributed by atoms with van der Waals surface area (Å²) in [5, 5.41) is 10.6. The van der Waals surface area contributed by atoms with Crippen LogP contribution in [0.4, 0.5) is 0 Å². The Labute approximate surface area is 170 Å². The van der Waals surface area contributed by atoms with Crippen molar-refractivity contribution in [2.45, 2.75) is 113 Å². The minimum absolute atomic E-state index is 0.109. The fourth-order valence-corrected chi connectivity index (χ4v) is 5.99. The second kappa shape index (κ2) is 7.79. The van der Waals surface area contributed by atoms with E-state index in [1.54, 1.807) is 0 Å². The van der Waals surface area contributed by atoms with Gasteiger partial charge in [-0.25, -0.2) is 0 Å². The predicted octanol–water partition coefficient (Wildman–Crippen LogP) is 5.31. The van der Waals surface area contributed by atoms with E-state index in [1.807, 2.05) is 6.92 Å². The lowest BCUT2D eigenvalue weighted by Gasteiger charge is -2.50. The molecule has 0 aliphatic carbocycles. The standard InChI is InChI=1S/C18H39IO4Si2/c1-12-14(22-24(8,9)17(2,3)4)15(13(19)16(20)21-12)23-25(10,11)18(5,6)7/h12-16,20H,1-11H3/t12-,13+,14-,15-,16+/m0/s1. The van der Waals surface area contributed by atoms with Gasteiger partial charge in [0.1, 0.15) is 0 Å². The summed E-state index contributed by atoms with van der Waals surface area (Å²) < 4.78 is 19.1. The molecule has 0 saturated carbocycles. The molecule has 7 heteroatoms. The van der Waals surface area contributed by atoms with Crippen LogP contribution in [0.2, 0.25) is 36.3 Å². The molecule has 1 N–H and O–H groups in total. The van der Waals surface area contributed by atoms with Crippen LogP contribution in [0.5, 0.6) is 0 Å². The Bertz CT molecular complexity index is 457. The van der Waals surface area contributed by atoms with Crippen molar-refractivity contribution in [3.05, 3.63) is 0 Å². The Morgan fingerprint density at radius 1 is 0.840 bits per heavy atom. The maximum atomic E-state index is 10.4. The third-order valence-electron chi connectivity index (χ3n) is 6.20. The van der Waals surface area contributed by atoms with Crippen LogP contribution in [0, 0.1) is 0 Å². The van der Waals surface area contributed by atoms with E-state index >= 15 is 0 Å². The first-order valence-corrected chi connectivity index (χ1v) is 16.3. The van der Waals surface area contributed by atoms with Gasteiger partial charge in [0.25, 0.3) is 0 Å². The number of hydrogen-bond acceptors (Lipinski definition) is 4. The van der Waals surface area contributed by atoms with Crippen molar-refractivity contribution in [2.24, 2.45) is 0 Å². The van der Waals surface area contributed by atoms with Crippen LogP contribution in [0.25, 0.3) is 0 Å². The Hall–Kier alpha value is 1.00. The smallest absolute Gasteiger partial charge is 0.192 e. The van der Waals surface area contributed by atoms with Gasteiger partial charge in [-0.2, -0.15) is 0 Å². The molecule has 0 spiro atoms. The third-order valence-corrected chi connectivity index (χ3v) is 16.5. The predicted molar refractivity (Wildman–Crippen MR) is 119 cm³/mol. The van der Waals surface area contributed by atoms with Gasteiger partial charge in [-0.3, -0.25) is 0 Å². The van der Waals surface area contributed by atoms with Crippen LogP contribution in [-0.4, -0.2) is 50.3 Å². The molecule has 25 heavy (non-hydrogen) atoms. The van der Waals surface area contributed by atoms with Gasteiger partial charge in [-0.05, 0) is 43.2 Å². The van der Waals surface area contributed by atoms with Crippen LogP contribution in [0.3, 0.4) is 0 Å². The third kappa shape index (κ3) is 5.51. The highest BCUT2D eigenvalue weighted by Crippen LogP contribution is 2.43. The Morgan fingerprint density at radius 3 is 1.56 bits per heavy atom. The van der Waals surface area contributed by atoms with Gasteiger partial charge in [0.15, 0.2) is 22.9 Å². The Kier molecular flexibility index (Phi) is 7.49. The number of aliphatic hydroxyl groups excluding tert-OH is 1. The molecule has 1 heterocycles. The Balaban J connectivity index is 3.17. The minimum atomic E-state index is -1.99. The summed E-state index contributed by atoms with van der Waals surface area (Å²) in [7, 11) is -3.97. The van der Waals surface area contributed by atoms with Crippen molar-refractivity contribution in [1.29, 1.82) is 0 Å². The van der Waals surface area contributed by atoms with Crippen LogP contribution in [-0.2, 0) is 13.6 Å². The number of halogens is 1. The van der Waals surface area contributed by atoms with E-state index in [9.17, 15) is 5.11 Å². The summed E-state index contributed by atoms with van der Waals surface area (Å²) in [6.07, 6.45) is -1.32. The summed E-state index contributed by atoms with van der Waals surface area (Å²) in [4.78, 5) is 0. The average Bonchev–Trinajstić information content (AvgIpc) is 2.37. The number of ether oxygens (including phenoxy) is 1. The summed E-state index contributed by atoms with van der Waals surface area (Å²) in [5.74, 6) is 0. The lowest BCUT2D eigenvalue weighted by atomic mass is 10.0. The fraction of sp³-hybridized carbons (Fsp3) is 1.00. The van der Waals surface area contributed by atoms with Crippen LogP contribution in [0.15, 0.2) is 0 Å². The molecule has 0 amide bonds. The quantitative estimate of drug-likeness (QED) is 0.322. The van der Waals surface area contributed by atoms with Crippen LogP contribution in [0.1, 0.15) is 48.5 Å². The van der Waals surface area contributed by atoms with E-state index in [-0.39, 0.29) is 32.3 Å². The molecule has 1 fully saturated rings. The summed E-state index contributed by atoms with van der Waals surface area (Å²) in [6, 6.07) is 0. The first-order valence-electron chi connectivity index (χ1n) is 9.24. The summed E-state index contributed by atoms with van der Waals surface area (Å²) in [6.45, 7) is 24.5. The van der Waals surface area contributed by atoms with E-state index in [0.29, 0.717) is 0 Å². The van der Waals surface area contributed by atoms with Crippen molar-refractivity contribution < 1.29 is 18.7 Å². The van der Waals surface area contributed by atoms with E-state index in [4.69, 9.17) is 13.6 Å². The molecule has 1 saturated heterocycles. The zero-order valence-corrected chi connectivity index (χ0v) is 22.1. The van der Waals surface area contributed by atoms with Gasteiger partial charge in [0.2, 0.25) is 0 Å². The highest BCUT2D eigenvalue weighted by Gasteiger charge is 2.51. The zero-order chi connectivity index (χ0) is 20.0. The normalized spacial score (nSPS) is 32.8. The molecule has 1 aliphatic heterocycles. The zero-order valence-electron chi connectivity index (χ0n) is 17.9. The number of alkyl halides is 1. The molecule has 0 bridgehead atoms. The first-order chi connectivity index (χ1) is 10.9. The highest BCUT2D eigenvalue weighted by atomic mass is 127. The monoisotopic (exact) mass is 502 g/mol. The minimum Gasteiger partial charge on any atom is -0.410 e. The number of rotatable bonds is 4. The molecule has 0 radical (unpaired) electrons. The van der Waals surface area contributed by atoms with Gasteiger partial charge in [0, 0.05) is 0 Å². The van der Waals surface area contributed by atoms with Crippen LogP contribution < -0.4 is 0 Å². The molecule has 1 rings (SSSR count). The Morgan fingerprint density at radius 2 is 1.20 bits per heavy atom. The molecule has 1 aliphatic rings. The SMILES string of the molecule is C[C@@H]1O[C@@H](O)[C@H](I)[C@H](O[Si](C)(C)C(C)(C)C)[C@H]1O[Si](C)(C)C(C)(C)C. The van der Waals surface area contributed by atoms with Gasteiger partial charge in [-0.15, -0.1) is 0 Å². The highest BCUT2D eigenvalue weighted by molar-refractivity contribution is 14.1. The molecule has 0 unspecified atom stereocenters. The summed E-state index contributed by atoms with van der Waals surface area (Å²) >= 11 is 2.27. The van der Waals surface area contributed by atoms with E-state index < -0.39 is 22.9 Å². The van der Waals surface area contributed by atoms with Gasteiger partial charge < -0.3 is 18.7 Å².